The van der Waals surface area contributed by atoms with Crippen LogP contribution in [-0.4, -0.2) is 48.4 Å². The monoisotopic (exact) mass is 419 g/mol. The van der Waals surface area contributed by atoms with Crippen molar-refractivity contribution in [2.45, 2.75) is 6.67 Å². The lowest BCUT2D eigenvalue weighted by Crippen LogP contribution is -3.28. The van der Waals surface area contributed by atoms with Crippen LogP contribution in [0.4, 0.5) is 10.1 Å². The number of anilines is 1. The molecular formula is C19H22FN5O3S+2. The minimum atomic E-state index is -0.323. The van der Waals surface area contributed by atoms with Crippen LogP contribution in [0.25, 0.3) is 11.7 Å². The van der Waals surface area contributed by atoms with Gasteiger partial charge in [-0.15, -0.1) is 5.10 Å². The van der Waals surface area contributed by atoms with Crippen LogP contribution in [0.5, 0.6) is 0 Å². The molecule has 152 valence electrons. The summed E-state index contributed by atoms with van der Waals surface area (Å²) in [6.07, 6.45) is 1.56. The van der Waals surface area contributed by atoms with Crippen LogP contribution in [0.3, 0.4) is 0 Å². The number of hydrogen-bond acceptors (Lipinski definition) is 5. The van der Waals surface area contributed by atoms with Crippen LogP contribution in [-0.2, 0) is 11.5 Å². The number of halogens is 1. The highest BCUT2D eigenvalue weighted by molar-refractivity contribution is 7.71. The highest BCUT2D eigenvalue weighted by Gasteiger charge is 2.26. The first-order valence-electron chi connectivity index (χ1n) is 9.41. The molecule has 0 unspecified atom stereocenters. The SMILES string of the molecule is O=C(C[NH+]1CC[NH+](Cn2nc(-c3ccco3)oc2=S)CC1)Nc1ccc(F)cc1. The molecule has 3 aromatic rings. The maximum atomic E-state index is 12.9. The third-order valence-corrected chi connectivity index (χ3v) is 5.21. The van der Waals surface area contributed by atoms with Crippen LogP contribution in [0.1, 0.15) is 0 Å². The van der Waals surface area contributed by atoms with Gasteiger partial charge in [0.25, 0.3) is 16.6 Å². The minimum Gasteiger partial charge on any atom is -0.459 e. The number of carbonyl (C=O) groups excluding carboxylic acids is 1. The third-order valence-electron chi connectivity index (χ3n) is 4.91. The fraction of sp³-hybridized carbons (Fsp3) is 0.316. The van der Waals surface area contributed by atoms with Crippen LogP contribution >= 0.6 is 12.2 Å². The number of rotatable bonds is 6. The van der Waals surface area contributed by atoms with Gasteiger partial charge in [-0.1, -0.05) is 0 Å². The highest BCUT2D eigenvalue weighted by atomic mass is 32.1. The molecule has 0 radical (unpaired) electrons. The Hall–Kier alpha value is -2.82. The van der Waals surface area contributed by atoms with Crippen molar-refractivity contribution in [3.63, 3.8) is 0 Å². The summed E-state index contributed by atoms with van der Waals surface area (Å²) in [5, 5.41) is 7.21. The smallest absolute Gasteiger partial charge is 0.292 e. The highest BCUT2D eigenvalue weighted by Crippen LogP contribution is 2.17. The number of piperazine rings is 1. The molecule has 1 aliphatic heterocycles. The Morgan fingerprint density at radius 3 is 2.59 bits per heavy atom. The number of nitrogens with one attached hydrogen (secondary N) is 3. The van der Waals surface area contributed by atoms with E-state index in [1.165, 1.54) is 21.9 Å². The van der Waals surface area contributed by atoms with Gasteiger partial charge in [0.1, 0.15) is 32.0 Å². The lowest BCUT2D eigenvalue weighted by Gasteiger charge is -2.28. The molecular weight excluding hydrogens is 397 g/mol. The second-order valence-electron chi connectivity index (χ2n) is 7.04. The van der Waals surface area contributed by atoms with Gasteiger partial charge in [0.15, 0.2) is 19.0 Å². The zero-order chi connectivity index (χ0) is 20.2. The molecule has 0 bridgehead atoms. The van der Waals surface area contributed by atoms with Crippen molar-refractivity contribution >= 4 is 23.8 Å². The van der Waals surface area contributed by atoms with E-state index in [4.69, 9.17) is 21.1 Å². The summed E-state index contributed by atoms with van der Waals surface area (Å²) in [5.41, 5.74) is 0.604. The van der Waals surface area contributed by atoms with Crippen LogP contribution < -0.4 is 15.1 Å². The summed E-state index contributed by atoms with van der Waals surface area (Å²) in [6.45, 7) is 4.51. The van der Waals surface area contributed by atoms with Crippen molar-refractivity contribution in [3.8, 4) is 11.7 Å². The molecule has 1 aromatic carbocycles. The van der Waals surface area contributed by atoms with Gasteiger partial charge in [-0.2, -0.15) is 4.68 Å². The number of furan rings is 1. The zero-order valence-corrected chi connectivity index (χ0v) is 16.5. The molecule has 1 fully saturated rings. The summed E-state index contributed by atoms with van der Waals surface area (Å²) in [6, 6.07) is 9.32. The number of nitrogens with zero attached hydrogens (tertiary/aromatic N) is 2. The van der Waals surface area contributed by atoms with E-state index in [1.807, 2.05) is 0 Å². The summed E-state index contributed by atoms with van der Waals surface area (Å²) >= 11 is 5.26. The number of aromatic nitrogens is 2. The lowest BCUT2D eigenvalue weighted by molar-refractivity contribution is -1.02. The maximum Gasteiger partial charge on any atom is 0.292 e. The largest absolute Gasteiger partial charge is 0.459 e. The molecule has 3 N–H and O–H groups in total. The number of hydrogen-bond donors (Lipinski definition) is 3. The minimum absolute atomic E-state index is 0.0723. The number of carbonyl (C=O) groups is 1. The Bertz CT molecular complexity index is 1010. The number of quaternary nitrogens is 2. The van der Waals surface area contributed by atoms with Crippen molar-refractivity contribution in [1.82, 2.24) is 9.78 Å². The van der Waals surface area contributed by atoms with Gasteiger partial charge in [0.2, 0.25) is 0 Å². The molecule has 10 heteroatoms. The molecule has 2 aromatic heterocycles. The molecule has 3 heterocycles. The number of benzene rings is 1. The molecule has 0 saturated carbocycles. The fourth-order valence-corrected chi connectivity index (χ4v) is 3.56. The molecule has 29 heavy (non-hydrogen) atoms. The van der Waals surface area contributed by atoms with Crippen molar-refractivity contribution in [2.75, 3.05) is 38.0 Å². The van der Waals surface area contributed by atoms with E-state index in [2.05, 4.69) is 10.4 Å². The van der Waals surface area contributed by atoms with Crippen molar-refractivity contribution < 1.29 is 27.8 Å². The quantitative estimate of drug-likeness (QED) is 0.490. The molecule has 1 amide bonds. The van der Waals surface area contributed by atoms with Crippen LogP contribution in [0.2, 0.25) is 0 Å². The molecule has 1 saturated heterocycles. The molecule has 8 nitrogen and oxygen atoms in total. The van der Waals surface area contributed by atoms with Gasteiger partial charge in [-0.3, -0.25) is 4.79 Å². The summed E-state index contributed by atoms with van der Waals surface area (Å²) < 4.78 is 25.4. The van der Waals surface area contributed by atoms with Crippen molar-refractivity contribution in [1.29, 1.82) is 0 Å². The van der Waals surface area contributed by atoms with E-state index in [-0.39, 0.29) is 11.7 Å². The predicted octanol–water partition coefficient (Wildman–Crippen LogP) is -0.0157. The van der Waals surface area contributed by atoms with E-state index in [1.54, 1.807) is 35.2 Å². The Labute approximate surface area is 171 Å². The first-order chi connectivity index (χ1) is 14.1. The number of amides is 1. The molecule has 4 rings (SSSR count). The Morgan fingerprint density at radius 2 is 1.90 bits per heavy atom. The normalized spacial score (nSPS) is 19.2. The van der Waals surface area contributed by atoms with E-state index in [9.17, 15) is 9.18 Å². The third kappa shape index (κ3) is 4.97. The van der Waals surface area contributed by atoms with Crippen molar-refractivity contribution in [3.05, 3.63) is 53.3 Å². The first-order valence-corrected chi connectivity index (χ1v) is 9.82. The fourth-order valence-electron chi connectivity index (χ4n) is 3.38. The standard InChI is InChI=1S/C19H20FN5O3S/c20-14-3-5-15(6-4-14)21-17(26)12-23-7-9-24(10-8-23)13-25-19(29)28-18(22-25)16-2-1-11-27-16/h1-6,11H,7-10,12-13H2,(H,21,26)/p+2. The topological polar surface area (TPSA) is 82.1 Å². The van der Waals surface area contributed by atoms with E-state index < -0.39 is 0 Å². The Morgan fingerprint density at radius 1 is 1.17 bits per heavy atom. The Kier molecular flexibility index (Phi) is 5.84. The van der Waals surface area contributed by atoms with Gasteiger partial charge >= 0.3 is 0 Å². The maximum absolute atomic E-state index is 12.9. The van der Waals surface area contributed by atoms with Crippen LogP contribution in [0.15, 0.2) is 51.5 Å². The zero-order valence-electron chi connectivity index (χ0n) is 15.7. The lowest BCUT2D eigenvalue weighted by atomic mass is 10.3. The average Bonchev–Trinajstić information content (AvgIpc) is 3.36. The Balaban J connectivity index is 1.26. The van der Waals surface area contributed by atoms with E-state index in [0.717, 1.165) is 26.2 Å². The van der Waals surface area contributed by atoms with Gasteiger partial charge in [0.05, 0.1) is 6.26 Å². The van der Waals surface area contributed by atoms with Crippen molar-refractivity contribution in [2.24, 2.45) is 0 Å². The second kappa shape index (κ2) is 8.68. The summed E-state index contributed by atoms with van der Waals surface area (Å²) in [4.78, 5) is 15.1. The molecule has 0 aliphatic carbocycles. The molecule has 0 atom stereocenters. The average molecular weight is 419 g/mol. The molecule has 1 aliphatic rings. The van der Waals surface area contributed by atoms with Gasteiger partial charge in [-0.25, -0.2) is 4.39 Å². The second-order valence-corrected chi connectivity index (χ2v) is 7.39. The van der Waals surface area contributed by atoms with E-state index >= 15 is 0 Å². The van der Waals surface area contributed by atoms with E-state index in [0.29, 0.717) is 35.4 Å². The van der Waals surface area contributed by atoms with Gasteiger partial charge in [0, 0.05) is 5.69 Å². The van der Waals surface area contributed by atoms with Gasteiger partial charge in [-0.05, 0) is 48.6 Å². The summed E-state index contributed by atoms with van der Waals surface area (Å²) in [7, 11) is 0. The predicted molar refractivity (Wildman–Crippen MR) is 104 cm³/mol. The van der Waals surface area contributed by atoms with Crippen LogP contribution in [0, 0.1) is 10.7 Å². The summed E-state index contributed by atoms with van der Waals surface area (Å²) in [5.74, 6) is 0.528. The molecule has 0 spiro atoms. The van der Waals surface area contributed by atoms with Gasteiger partial charge < -0.3 is 24.0 Å². The first kappa shape index (κ1) is 19.5.